The van der Waals surface area contributed by atoms with Crippen molar-refractivity contribution in [3.8, 4) is 5.75 Å². The van der Waals surface area contributed by atoms with E-state index in [2.05, 4.69) is 52.8 Å². The van der Waals surface area contributed by atoms with Crippen molar-refractivity contribution >= 4 is 5.96 Å². The summed E-state index contributed by atoms with van der Waals surface area (Å²) < 4.78 is 10.6. The zero-order valence-corrected chi connectivity index (χ0v) is 16.5. The monoisotopic (exact) mass is 358 g/mol. The van der Waals surface area contributed by atoms with Gasteiger partial charge in [-0.15, -0.1) is 0 Å². The SMILES string of the molecule is CCNC(=NCCc1c(C)noc1C)NCCc1ccc(C)c(OC)c1. The lowest BCUT2D eigenvalue weighted by Gasteiger charge is -2.12. The minimum Gasteiger partial charge on any atom is -0.496 e. The van der Waals surface area contributed by atoms with Gasteiger partial charge in [-0.25, -0.2) is 0 Å². The first-order chi connectivity index (χ1) is 12.5. The molecule has 0 unspecified atom stereocenters. The van der Waals surface area contributed by atoms with Gasteiger partial charge in [-0.2, -0.15) is 0 Å². The lowest BCUT2D eigenvalue weighted by atomic mass is 10.1. The molecule has 0 atom stereocenters. The molecular weight excluding hydrogens is 328 g/mol. The fourth-order valence-corrected chi connectivity index (χ4v) is 2.83. The largest absolute Gasteiger partial charge is 0.496 e. The molecular formula is C20H30N4O2. The highest BCUT2D eigenvalue weighted by Crippen LogP contribution is 2.19. The van der Waals surface area contributed by atoms with E-state index in [1.54, 1.807) is 7.11 Å². The first kappa shape index (κ1) is 19.8. The average Bonchev–Trinajstić information content (AvgIpc) is 2.95. The van der Waals surface area contributed by atoms with Crippen LogP contribution in [0.3, 0.4) is 0 Å². The van der Waals surface area contributed by atoms with Crippen LogP contribution in [0, 0.1) is 20.8 Å². The third kappa shape index (κ3) is 5.51. The molecule has 1 heterocycles. The van der Waals surface area contributed by atoms with Gasteiger partial charge in [0.05, 0.1) is 12.8 Å². The number of aromatic nitrogens is 1. The van der Waals surface area contributed by atoms with Crippen molar-refractivity contribution in [1.29, 1.82) is 0 Å². The van der Waals surface area contributed by atoms with Crippen LogP contribution in [0.1, 0.15) is 35.1 Å². The Morgan fingerprint density at radius 3 is 2.65 bits per heavy atom. The Bertz CT molecular complexity index is 718. The van der Waals surface area contributed by atoms with E-state index in [4.69, 9.17) is 9.26 Å². The fraction of sp³-hybridized carbons (Fsp3) is 0.500. The quantitative estimate of drug-likeness (QED) is 0.561. The van der Waals surface area contributed by atoms with Gasteiger partial charge in [-0.1, -0.05) is 17.3 Å². The first-order valence-electron chi connectivity index (χ1n) is 9.12. The van der Waals surface area contributed by atoms with Crippen LogP contribution in [0.15, 0.2) is 27.7 Å². The molecule has 0 aliphatic carbocycles. The Morgan fingerprint density at radius 2 is 2.00 bits per heavy atom. The molecule has 1 aromatic heterocycles. The van der Waals surface area contributed by atoms with Crippen LogP contribution in [-0.2, 0) is 12.8 Å². The summed E-state index contributed by atoms with van der Waals surface area (Å²) >= 11 is 0. The van der Waals surface area contributed by atoms with Crippen molar-refractivity contribution in [3.05, 3.63) is 46.3 Å². The number of nitrogens with zero attached hydrogens (tertiary/aromatic N) is 2. The van der Waals surface area contributed by atoms with Crippen LogP contribution < -0.4 is 15.4 Å². The number of guanidine groups is 1. The van der Waals surface area contributed by atoms with Gasteiger partial charge in [0.2, 0.25) is 0 Å². The molecule has 0 spiro atoms. The zero-order valence-electron chi connectivity index (χ0n) is 16.5. The van der Waals surface area contributed by atoms with Crippen LogP contribution in [-0.4, -0.2) is 37.9 Å². The van der Waals surface area contributed by atoms with Crippen molar-refractivity contribution in [1.82, 2.24) is 15.8 Å². The van der Waals surface area contributed by atoms with Gasteiger partial charge < -0.3 is 19.9 Å². The van der Waals surface area contributed by atoms with Gasteiger partial charge in [-0.05, 0) is 57.7 Å². The Kier molecular flexibility index (Phi) is 7.51. The highest BCUT2D eigenvalue weighted by molar-refractivity contribution is 5.79. The van der Waals surface area contributed by atoms with Crippen molar-refractivity contribution in [2.24, 2.45) is 4.99 Å². The second-order valence-corrected chi connectivity index (χ2v) is 6.29. The molecule has 6 heteroatoms. The normalized spacial score (nSPS) is 11.5. The summed E-state index contributed by atoms with van der Waals surface area (Å²) in [5.41, 5.74) is 4.49. The van der Waals surface area contributed by atoms with Gasteiger partial charge >= 0.3 is 0 Å². The molecule has 142 valence electrons. The minimum atomic E-state index is 0.691. The Labute approximate surface area is 156 Å². The third-order valence-corrected chi connectivity index (χ3v) is 4.34. The summed E-state index contributed by atoms with van der Waals surface area (Å²) in [6.45, 7) is 10.4. The zero-order chi connectivity index (χ0) is 18.9. The maximum atomic E-state index is 5.39. The molecule has 26 heavy (non-hydrogen) atoms. The van der Waals surface area contributed by atoms with Gasteiger partial charge in [0.1, 0.15) is 11.5 Å². The number of nitrogens with one attached hydrogen (secondary N) is 2. The van der Waals surface area contributed by atoms with Crippen molar-refractivity contribution in [2.75, 3.05) is 26.7 Å². The van der Waals surface area contributed by atoms with Crippen molar-refractivity contribution in [2.45, 2.75) is 40.5 Å². The number of rotatable bonds is 8. The molecule has 0 radical (unpaired) electrons. The smallest absolute Gasteiger partial charge is 0.191 e. The molecule has 2 aromatic rings. The van der Waals surface area contributed by atoms with E-state index < -0.39 is 0 Å². The van der Waals surface area contributed by atoms with Crippen molar-refractivity contribution < 1.29 is 9.26 Å². The molecule has 0 bridgehead atoms. The highest BCUT2D eigenvalue weighted by Gasteiger charge is 2.08. The first-order valence-corrected chi connectivity index (χ1v) is 9.12. The summed E-state index contributed by atoms with van der Waals surface area (Å²) in [5.74, 6) is 2.64. The molecule has 1 aromatic carbocycles. The van der Waals surface area contributed by atoms with Gasteiger partial charge in [0.25, 0.3) is 0 Å². The maximum absolute atomic E-state index is 5.39. The van der Waals surface area contributed by atoms with E-state index in [1.807, 2.05) is 13.8 Å². The standard InChI is InChI=1S/C20H30N4O2/c1-6-21-20(23-12-10-18-15(3)24-26-16(18)4)22-11-9-17-8-7-14(2)19(13-17)25-5/h7-8,13H,6,9-12H2,1-5H3,(H2,21,22,23). The average molecular weight is 358 g/mol. The van der Waals surface area contributed by atoms with Crippen LogP contribution in [0.4, 0.5) is 0 Å². The van der Waals surface area contributed by atoms with Crippen molar-refractivity contribution in [3.63, 3.8) is 0 Å². The summed E-state index contributed by atoms with van der Waals surface area (Å²) in [4.78, 5) is 4.65. The maximum Gasteiger partial charge on any atom is 0.191 e. The fourth-order valence-electron chi connectivity index (χ4n) is 2.83. The number of ether oxygens (including phenoxy) is 1. The molecule has 0 amide bonds. The number of hydrogen-bond acceptors (Lipinski definition) is 4. The van der Waals surface area contributed by atoms with Crippen LogP contribution in [0.25, 0.3) is 0 Å². The van der Waals surface area contributed by atoms with E-state index in [-0.39, 0.29) is 0 Å². The summed E-state index contributed by atoms with van der Waals surface area (Å²) in [6.07, 6.45) is 1.73. The van der Waals surface area contributed by atoms with E-state index in [9.17, 15) is 0 Å². The number of hydrogen-bond donors (Lipinski definition) is 2. The van der Waals surface area contributed by atoms with Crippen LogP contribution >= 0.6 is 0 Å². The molecule has 0 saturated heterocycles. The van der Waals surface area contributed by atoms with Gasteiger partial charge in [-0.3, -0.25) is 4.99 Å². The van der Waals surface area contributed by atoms with Gasteiger partial charge in [0, 0.05) is 25.2 Å². The molecule has 0 aliphatic heterocycles. The van der Waals surface area contributed by atoms with E-state index in [0.717, 1.165) is 60.2 Å². The number of methoxy groups -OCH3 is 1. The number of aryl methyl sites for hydroxylation is 3. The molecule has 2 rings (SSSR count). The third-order valence-electron chi connectivity index (χ3n) is 4.34. The molecule has 0 aliphatic rings. The highest BCUT2D eigenvalue weighted by atomic mass is 16.5. The molecule has 0 fully saturated rings. The second-order valence-electron chi connectivity index (χ2n) is 6.29. The molecule has 6 nitrogen and oxygen atoms in total. The van der Waals surface area contributed by atoms with E-state index in [1.165, 1.54) is 5.56 Å². The molecule has 0 saturated carbocycles. The number of aliphatic imine (C=N–C) groups is 1. The predicted octanol–water partition coefficient (Wildman–Crippen LogP) is 2.95. The second kappa shape index (κ2) is 9.85. The summed E-state index contributed by atoms with van der Waals surface area (Å²) in [5, 5.41) is 10.7. The lowest BCUT2D eigenvalue weighted by molar-refractivity contribution is 0.392. The predicted molar refractivity (Wildman–Crippen MR) is 105 cm³/mol. The molecule has 2 N–H and O–H groups in total. The summed E-state index contributed by atoms with van der Waals surface area (Å²) in [7, 11) is 1.71. The van der Waals surface area contributed by atoms with Crippen LogP contribution in [0.5, 0.6) is 5.75 Å². The van der Waals surface area contributed by atoms with Crippen LogP contribution in [0.2, 0.25) is 0 Å². The Balaban J connectivity index is 1.87. The minimum absolute atomic E-state index is 0.691. The Morgan fingerprint density at radius 1 is 1.19 bits per heavy atom. The van der Waals surface area contributed by atoms with E-state index >= 15 is 0 Å². The lowest BCUT2D eigenvalue weighted by Crippen LogP contribution is -2.38. The topological polar surface area (TPSA) is 71.7 Å². The van der Waals surface area contributed by atoms with E-state index in [0.29, 0.717) is 6.54 Å². The summed E-state index contributed by atoms with van der Waals surface area (Å²) in [6, 6.07) is 6.33. The number of benzene rings is 1. The van der Waals surface area contributed by atoms with Gasteiger partial charge in [0.15, 0.2) is 5.96 Å². The Hall–Kier alpha value is -2.50.